The number of nitrogen functional groups attached to an aromatic ring is 1. The molecular weight excluding hydrogens is 250 g/mol. The number of amides is 1. The number of rotatable bonds is 4. The van der Waals surface area contributed by atoms with Gasteiger partial charge in [0.05, 0.1) is 17.6 Å². The Morgan fingerprint density at radius 2 is 1.90 bits per heavy atom. The molecule has 2 rings (SSSR count). The summed E-state index contributed by atoms with van der Waals surface area (Å²) in [5.74, 6) is 0.396. The molecular formula is C16H19N3O. The topological polar surface area (TPSA) is 68.0 Å². The van der Waals surface area contributed by atoms with Crippen molar-refractivity contribution in [2.75, 3.05) is 12.3 Å². The summed E-state index contributed by atoms with van der Waals surface area (Å²) >= 11 is 0. The molecule has 1 amide bonds. The lowest BCUT2D eigenvalue weighted by molar-refractivity contribution is 0.0949. The molecule has 0 atom stereocenters. The summed E-state index contributed by atoms with van der Waals surface area (Å²) in [6, 6.07) is 11.1. The van der Waals surface area contributed by atoms with Gasteiger partial charge in [-0.2, -0.15) is 0 Å². The fraction of sp³-hybridized carbons (Fsp3) is 0.250. The van der Waals surface area contributed by atoms with E-state index in [0.29, 0.717) is 23.7 Å². The largest absolute Gasteiger partial charge is 0.397 e. The second-order valence-corrected chi connectivity index (χ2v) is 5.16. The predicted octanol–water partition coefficient (Wildman–Crippen LogP) is 2.72. The van der Waals surface area contributed by atoms with Crippen LogP contribution in [0.25, 0.3) is 11.3 Å². The van der Waals surface area contributed by atoms with Gasteiger partial charge in [-0.1, -0.05) is 26.0 Å². The average Bonchev–Trinajstić information content (AvgIpc) is 2.46. The monoisotopic (exact) mass is 269 g/mol. The molecule has 0 aliphatic rings. The summed E-state index contributed by atoms with van der Waals surface area (Å²) in [6.07, 6.45) is 1.62. The molecule has 1 aromatic heterocycles. The van der Waals surface area contributed by atoms with Gasteiger partial charge in [-0.3, -0.25) is 9.78 Å². The SMILES string of the molecule is CC(C)CNC(=O)c1ccc(-c2ccc(N)cn2)cc1. The highest BCUT2D eigenvalue weighted by Crippen LogP contribution is 2.18. The number of anilines is 1. The van der Waals surface area contributed by atoms with Crippen LogP contribution >= 0.6 is 0 Å². The predicted molar refractivity (Wildman–Crippen MR) is 81.3 cm³/mol. The molecule has 4 nitrogen and oxygen atoms in total. The fourth-order valence-corrected chi connectivity index (χ4v) is 1.77. The van der Waals surface area contributed by atoms with Crippen molar-refractivity contribution in [1.29, 1.82) is 0 Å². The number of benzene rings is 1. The van der Waals surface area contributed by atoms with Gasteiger partial charge in [0, 0.05) is 17.7 Å². The smallest absolute Gasteiger partial charge is 0.251 e. The maximum absolute atomic E-state index is 11.9. The first-order chi connectivity index (χ1) is 9.56. The van der Waals surface area contributed by atoms with Crippen LogP contribution < -0.4 is 11.1 Å². The van der Waals surface area contributed by atoms with Crippen LogP contribution in [-0.4, -0.2) is 17.4 Å². The van der Waals surface area contributed by atoms with Crippen LogP contribution in [0.2, 0.25) is 0 Å². The number of carbonyl (C=O) groups is 1. The van der Waals surface area contributed by atoms with E-state index in [-0.39, 0.29) is 5.91 Å². The quantitative estimate of drug-likeness (QED) is 0.896. The standard InChI is InChI=1S/C16H19N3O/c1-11(2)9-19-16(20)13-5-3-12(4-6-13)15-8-7-14(17)10-18-15/h3-8,10-11H,9,17H2,1-2H3,(H,19,20). The van der Waals surface area contributed by atoms with E-state index < -0.39 is 0 Å². The summed E-state index contributed by atoms with van der Waals surface area (Å²) in [7, 11) is 0. The molecule has 104 valence electrons. The Balaban J connectivity index is 2.10. The molecule has 20 heavy (non-hydrogen) atoms. The number of nitrogens with one attached hydrogen (secondary N) is 1. The van der Waals surface area contributed by atoms with Gasteiger partial charge in [-0.15, -0.1) is 0 Å². The first kappa shape index (κ1) is 14.1. The van der Waals surface area contributed by atoms with Crippen LogP contribution in [0.5, 0.6) is 0 Å². The lowest BCUT2D eigenvalue weighted by Gasteiger charge is -2.08. The first-order valence-corrected chi connectivity index (χ1v) is 6.66. The number of nitrogens with zero attached hydrogens (tertiary/aromatic N) is 1. The lowest BCUT2D eigenvalue weighted by Crippen LogP contribution is -2.27. The van der Waals surface area contributed by atoms with Gasteiger partial charge < -0.3 is 11.1 Å². The van der Waals surface area contributed by atoms with E-state index >= 15 is 0 Å². The molecule has 0 saturated heterocycles. The second-order valence-electron chi connectivity index (χ2n) is 5.16. The molecule has 1 heterocycles. The molecule has 0 spiro atoms. The summed E-state index contributed by atoms with van der Waals surface area (Å²) in [5.41, 5.74) is 8.71. The van der Waals surface area contributed by atoms with Crippen LogP contribution in [0.4, 0.5) is 5.69 Å². The van der Waals surface area contributed by atoms with Crippen molar-refractivity contribution < 1.29 is 4.79 Å². The maximum Gasteiger partial charge on any atom is 0.251 e. The number of aromatic nitrogens is 1. The van der Waals surface area contributed by atoms with Crippen molar-refractivity contribution in [1.82, 2.24) is 10.3 Å². The van der Waals surface area contributed by atoms with Crippen LogP contribution in [0.15, 0.2) is 42.6 Å². The van der Waals surface area contributed by atoms with E-state index in [9.17, 15) is 4.79 Å². The summed E-state index contributed by atoms with van der Waals surface area (Å²) < 4.78 is 0. The Kier molecular flexibility index (Phi) is 4.35. The molecule has 0 fully saturated rings. The van der Waals surface area contributed by atoms with E-state index in [0.717, 1.165) is 11.3 Å². The van der Waals surface area contributed by atoms with Crippen LogP contribution in [-0.2, 0) is 0 Å². The number of hydrogen-bond acceptors (Lipinski definition) is 3. The minimum atomic E-state index is -0.0458. The van der Waals surface area contributed by atoms with Crippen LogP contribution in [0.1, 0.15) is 24.2 Å². The van der Waals surface area contributed by atoms with E-state index in [2.05, 4.69) is 24.1 Å². The Bertz CT molecular complexity index is 574. The van der Waals surface area contributed by atoms with Gasteiger partial charge in [0.15, 0.2) is 0 Å². The third kappa shape index (κ3) is 3.57. The number of nitrogens with two attached hydrogens (primary N) is 1. The molecule has 2 aromatic rings. The molecule has 0 bridgehead atoms. The first-order valence-electron chi connectivity index (χ1n) is 6.66. The summed E-state index contributed by atoms with van der Waals surface area (Å²) in [5, 5.41) is 2.89. The van der Waals surface area contributed by atoms with E-state index in [4.69, 9.17) is 5.73 Å². The van der Waals surface area contributed by atoms with E-state index in [1.807, 2.05) is 36.4 Å². The van der Waals surface area contributed by atoms with Gasteiger partial charge in [0.2, 0.25) is 0 Å². The van der Waals surface area contributed by atoms with Crippen molar-refractivity contribution >= 4 is 11.6 Å². The Hall–Kier alpha value is -2.36. The fourth-order valence-electron chi connectivity index (χ4n) is 1.77. The van der Waals surface area contributed by atoms with Crippen molar-refractivity contribution in [2.45, 2.75) is 13.8 Å². The number of carbonyl (C=O) groups excluding carboxylic acids is 1. The van der Waals surface area contributed by atoms with Crippen molar-refractivity contribution in [3.63, 3.8) is 0 Å². The molecule has 3 N–H and O–H groups in total. The second kappa shape index (κ2) is 6.19. The summed E-state index contributed by atoms with van der Waals surface area (Å²) in [4.78, 5) is 16.2. The molecule has 0 saturated carbocycles. The van der Waals surface area contributed by atoms with Gasteiger partial charge in [-0.25, -0.2) is 0 Å². The molecule has 0 radical (unpaired) electrons. The van der Waals surface area contributed by atoms with Gasteiger partial charge >= 0.3 is 0 Å². The minimum Gasteiger partial charge on any atom is -0.397 e. The van der Waals surface area contributed by atoms with Crippen LogP contribution in [0.3, 0.4) is 0 Å². The zero-order valence-electron chi connectivity index (χ0n) is 11.8. The van der Waals surface area contributed by atoms with E-state index in [1.54, 1.807) is 6.20 Å². The Morgan fingerprint density at radius 3 is 2.45 bits per heavy atom. The normalized spacial score (nSPS) is 10.6. The van der Waals surface area contributed by atoms with Crippen LogP contribution in [0, 0.1) is 5.92 Å². The highest BCUT2D eigenvalue weighted by molar-refractivity contribution is 5.94. The molecule has 4 heteroatoms. The summed E-state index contributed by atoms with van der Waals surface area (Å²) in [6.45, 7) is 4.81. The van der Waals surface area contributed by atoms with E-state index in [1.165, 1.54) is 0 Å². The van der Waals surface area contributed by atoms with Gasteiger partial charge in [0.25, 0.3) is 5.91 Å². The van der Waals surface area contributed by atoms with Crippen molar-refractivity contribution in [3.8, 4) is 11.3 Å². The van der Waals surface area contributed by atoms with Gasteiger partial charge in [0.1, 0.15) is 0 Å². The number of pyridine rings is 1. The third-order valence-corrected chi connectivity index (χ3v) is 2.90. The molecule has 0 aliphatic carbocycles. The third-order valence-electron chi connectivity index (χ3n) is 2.90. The maximum atomic E-state index is 11.9. The van der Waals surface area contributed by atoms with Crippen molar-refractivity contribution in [3.05, 3.63) is 48.2 Å². The van der Waals surface area contributed by atoms with Gasteiger partial charge in [-0.05, 0) is 30.2 Å². The highest BCUT2D eigenvalue weighted by Gasteiger charge is 2.06. The average molecular weight is 269 g/mol. The zero-order valence-corrected chi connectivity index (χ0v) is 11.8. The molecule has 0 aliphatic heterocycles. The molecule has 0 unspecified atom stereocenters. The minimum absolute atomic E-state index is 0.0458. The zero-order chi connectivity index (χ0) is 14.5. The highest BCUT2D eigenvalue weighted by atomic mass is 16.1. The Labute approximate surface area is 119 Å². The molecule has 1 aromatic carbocycles. The van der Waals surface area contributed by atoms with Crippen molar-refractivity contribution in [2.24, 2.45) is 5.92 Å². The number of hydrogen-bond donors (Lipinski definition) is 2. The lowest BCUT2D eigenvalue weighted by atomic mass is 10.1. The Morgan fingerprint density at radius 1 is 1.20 bits per heavy atom.